The lowest BCUT2D eigenvalue weighted by molar-refractivity contribution is -0.138. The lowest BCUT2D eigenvalue weighted by Crippen LogP contribution is -2.27. The molecule has 1 rings (SSSR count). The summed E-state index contributed by atoms with van der Waals surface area (Å²) in [5, 5.41) is 7.78. The van der Waals surface area contributed by atoms with Crippen molar-refractivity contribution in [3.63, 3.8) is 0 Å². The van der Waals surface area contributed by atoms with Gasteiger partial charge in [0.25, 0.3) is 0 Å². The summed E-state index contributed by atoms with van der Waals surface area (Å²) < 4.78 is 4.51. The highest BCUT2D eigenvalue weighted by molar-refractivity contribution is 6.29. The molecule has 0 radical (unpaired) electrons. The molecule has 0 aromatic carbocycles. The maximum absolute atomic E-state index is 10.9. The summed E-state index contributed by atoms with van der Waals surface area (Å²) in [4.78, 5) is 12.5. The second kappa shape index (κ2) is 4.76. The quantitative estimate of drug-likeness (QED) is 0.697. The van der Waals surface area contributed by atoms with Gasteiger partial charge in [0.1, 0.15) is 6.54 Å². The Hall–Kier alpha value is -1.36. The van der Waals surface area contributed by atoms with E-state index in [4.69, 9.17) is 11.6 Å². The molecule has 1 heterocycles. The fourth-order valence-electron chi connectivity index (χ4n) is 0.852. The molecule has 0 fully saturated rings. The third-order valence-electron chi connectivity index (χ3n) is 1.60. The van der Waals surface area contributed by atoms with Gasteiger partial charge in [-0.3, -0.25) is 4.79 Å². The molecule has 0 saturated carbocycles. The summed E-state index contributed by atoms with van der Waals surface area (Å²) in [6.45, 7) is 0.132. The SMILES string of the molecule is COC(=O)CN(C)c1ccc(Cl)nn1. The van der Waals surface area contributed by atoms with Crippen molar-refractivity contribution < 1.29 is 9.53 Å². The van der Waals surface area contributed by atoms with Gasteiger partial charge < -0.3 is 9.64 Å². The van der Waals surface area contributed by atoms with Gasteiger partial charge in [0.05, 0.1) is 7.11 Å². The Balaban J connectivity index is 2.65. The summed E-state index contributed by atoms with van der Waals surface area (Å²) in [6.07, 6.45) is 0. The van der Waals surface area contributed by atoms with Crippen molar-refractivity contribution in [2.24, 2.45) is 0 Å². The molecule has 1 aromatic rings. The number of carbonyl (C=O) groups excluding carboxylic acids is 1. The summed E-state index contributed by atoms with van der Waals surface area (Å²) in [5.41, 5.74) is 0. The number of ether oxygens (including phenoxy) is 1. The minimum Gasteiger partial charge on any atom is -0.468 e. The van der Waals surface area contributed by atoms with E-state index in [0.717, 1.165) is 0 Å². The molecule has 76 valence electrons. The Kier molecular flexibility index (Phi) is 3.64. The van der Waals surface area contributed by atoms with Crippen LogP contribution in [0.15, 0.2) is 12.1 Å². The lowest BCUT2D eigenvalue weighted by Gasteiger charge is -2.15. The normalized spacial score (nSPS) is 9.64. The van der Waals surface area contributed by atoms with Crippen LogP contribution in [0.3, 0.4) is 0 Å². The Labute approximate surface area is 86.6 Å². The zero-order valence-corrected chi connectivity index (χ0v) is 8.65. The number of methoxy groups -OCH3 is 1. The monoisotopic (exact) mass is 215 g/mol. The average Bonchev–Trinajstić information content (AvgIpc) is 2.18. The van der Waals surface area contributed by atoms with Gasteiger partial charge in [-0.15, -0.1) is 10.2 Å². The minimum atomic E-state index is -0.329. The number of esters is 1. The Morgan fingerprint density at radius 3 is 2.79 bits per heavy atom. The fraction of sp³-hybridized carbons (Fsp3) is 0.375. The number of nitrogens with zero attached hydrogens (tertiary/aromatic N) is 3. The summed E-state index contributed by atoms with van der Waals surface area (Å²) >= 11 is 5.57. The van der Waals surface area contributed by atoms with Crippen molar-refractivity contribution >= 4 is 23.4 Å². The van der Waals surface area contributed by atoms with Crippen molar-refractivity contribution in [1.29, 1.82) is 0 Å². The van der Waals surface area contributed by atoms with Crippen molar-refractivity contribution in [2.75, 3.05) is 25.6 Å². The van der Waals surface area contributed by atoms with E-state index in [9.17, 15) is 4.79 Å². The van der Waals surface area contributed by atoms with Crippen LogP contribution in [0.5, 0.6) is 0 Å². The molecule has 0 aliphatic carbocycles. The maximum Gasteiger partial charge on any atom is 0.325 e. The van der Waals surface area contributed by atoms with Crippen molar-refractivity contribution in [3.05, 3.63) is 17.3 Å². The number of rotatable bonds is 3. The highest BCUT2D eigenvalue weighted by atomic mass is 35.5. The van der Waals surface area contributed by atoms with Crippen molar-refractivity contribution in [3.8, 4) is 0 Å². The third kappa shape index (κ3) is 2.85. The van der Waals surface area contributed by atoms with Crippen LogP contribution in [0.1, 0.15) is 0 Å². The van der Waals surface area contributed by atoms with Gasteiger partial charge >= 0.3 is 5.97 Å². The molecule has 0 aliphatic heterocycles. The van der Waals surface area contributed by atoms with E-state index >= 15 is 0 Å². The van der Waals surface area contributed by atoms with Crippen LogP contribution in [-0.2, 0) is 9.53 Å². The number of anilines is 1. The van der Waals surface area contributed by atoms with Crippen LogP contribution >= 0.6 is 11.6 Å². The lowest BCUT2D eigenvalue weighted by atomic mass is 10.4. The number of aromatic nitrogens is 2. The molecular weight excluding hydrogens is 206 g/mol. The van der Waals surface area contributed by atoms with Crippen LogP contribution in [-0.4, -0.2) is 36.9 Å². The molecule has 14 heavy (non-hydrogen) atoms. The van der Waals surface area contributed by atoms with Crippen LogP contribution in [0.4, 0.5) is 5.82 Å². The van der Waals surface area contributed by atoms with Crippen LogP contribution < -0.4 is 4.90 Å². The van der Waals surface area contributed by atoms with Gasteiger partial charge in [-0.25, -0.2) is 0 Å². The van der Waals surface area contributed by atoms with E-state index in [1.165, 1.54) is 7.11 Å². The highest BCUT2D eigenvalue weighted by Crippen LogP contribution is 2.09. The minimum absolute atomic E-state index is 0.132. The Bertz CT molecular complexity index is 315. The van der Waals surface area contributed by atoms with E-state index < -0.39 is 0 Å². The zero-order chi connectivity index (χ0) is 10.6. The van der Waals surface area contributed by atoms with Gasteiger partial charge in [-0.2, -0.15) is 0 Å². The molecule has 0 atom stereocenters. The van der Waals surface area contributed by atoms with Crippen molar-refractivity contribution in [2.45, 2.75) is 0 Å². The van der Waals surface area contributed by atoms with Crippen LogP contribution in [0.2, 0.25) is 5.15 Å². The second-order valence-corrected chi connectivity index (χ2v) is 3.03. The van der Waals surface area contributed by atoms with Crippen molar-refractivity contribution in [1.82, 2.24) is 10.2 Å². The smallest absolute Gasteiger partial charge is 0.325 e. The highest BCUT2D eigenvalue weighted by Gasteiger charge is 2.08. The first-order valence-electron chi connectivity index (χ1n) is 3.90. The van der Waals surface area contributed by atoms with Gasteiger partial charge in [-0.05, 0) is 12.1 Å². The number of likely N-dealkylation sites (N-methyl/N-ethyl adjacent to an activating group) is 1. The Morgan fingerprint density at radius 1 is 1.57 bits per heavy atom. The van der Waals surface area contributed by atoms with Crippen LogP contribution in [0, 0.1) is 0 Å². The molecule has 0 aliphatic rings. The molecule has 0 bridgehead atoms. The van der Waals surface area contributed by atoms with Gasteiger partial charge in [0.2, 0.25) is 0 Å². The van der Waals surface area contributed by atoms with Gasteiger partial charge in [0.15, 0.2) is 11.0 Å². The molecule has 5 nitrogen and oxygen atoms in total. The molecule has 6 heteroatoms. The number of hydrogen-bond acceptors (Lipinski definition) is 5. The average molecular weight is 216 g/mol. The summed E-state index contributed by atoms with van der Waals surface area (Å²) in [5.74, 6) is 0.240. The topological polar surface area (TPSA) is 55.3 Å². The van der Waals surface area contributed by atoms with Gasteiger partial charge in [-0.1, -0.05) is 11.6 Å². The molecular formula is C8H10ClN3O2. The predicted molar refractivity (Wildman–Crippen MR) is 52.3 cm³/mol. The molecule has 1 aromatic heterocycles. The van der Waals surface area contributed by atoms with E-state index in [-0.39, 0.29) is 12.5 Å². The summed E-state index contributed by atoms with van der Waals surface area (Å²) in [7, 11) is 3.05. The second-order valence-electron chi connectivity index (χ2n) is 2.65. The summed E-state index contributed by atoms with van der Waals surface area (Å²) in [6, 6.07) is 3.29. The fourth-order valence-corrected chi connectivity index (χ4v) is 0.953. The molecule has 0 spiro atoms. The van der Waals surface area contributed by atoms with E-state index in [0.29, 0.717) is 11.0 Å². The molecule has 0 amide bonds. The molecule has 0 unspecified atom stereocenters. The first kappa shape index (κ1) is 10.7. The molecule has 0 saturated heterocycles. The first-order valence-corrected chi connectivity index (χ1v) is 4.28. The Morgan fingerprint density at radius 2 is 2.29 bits per heavy atom. The van der Waals surface area contributed by atoms with Gasteiger partial charge in [0, 0.05) is 7.05 Å². The van der Waals surface area contributed by atoms with E-state index in [1.807, 2.05) is 0 Å². The maximum atomic E-state index is 10.9. The third-order valence-corrected chi connectivity index (χ3v) is 1.80. The standard InChI is InChI=1S/C8H10ClN3O2/c1-12(5-8(13)14-2)7-4-3-6(9)10-11-7/h3-4H,5H2,1-2H3. The molecule has 0 N–H and O–H groups in total. The largest absolute Gasteiger partial charge is 0.468 e. The van der Waals surface area contributed by atoms with E-state index in [2.05, 4.69) is 14.9 Å². The first-order chi connectivity index (χ1) is 6.63. The number of carbonyl (C=O) groups is 1. The number of halogens is 1. The zero-order valence-electron chi connectivity index (χ0n) is 7.90. The predicted octanol–water partition coefficient (Wildman–Crippen LogP) is 0.739. The number of hydrogen-bond donors (Lipinski definition) is 0. The van der Waals surface area contributed by atoms with Crippen LogP contribution in [0.25, 0.3) is 0 Å². The van der Waals surface area contributed by atoms with E-state index in [1.54, 1.807) is 24.1 Å².